The first kappa shape index (κ1) is 11.9. The summed E-state index contributed by atoms with van der Waals surface area (Å²) in [6, 6.07) is 9.40. The van der Waals surface area contributed by atoms with Crippen LogP contribution in [0.15, 0.2) is 47.9 Å². The highest BCUT2D eigenvalue weighted by atomic mass is 32.2. The lowest BCUT2D eigenvalue weighted by Gasteiger charge is -2.01. The van der Waals surface area contributed by atoms with Crippen LogP contribution in [0.4, 0.5) is 0 Å². The highest BCUT2D eigenvalue weighted by Gasteiger charge is 2.06. The second kappa shape index (κ2) is 5.68. The molecule has 0 aliphatic carbocycles. The smallest absolute Gasteiger partial charge is 0.167 e. The zero-order valence-corrected chi connectivity index (χ0v) is 10.5. The Labute approximate surface area is 105 Å². The number of benzene rings is 1. The monoisotopic (exact) mass is 246 g/mol. The standard InChI is InChI=1S/C13H14N2OS/c1-15-9-8-14-13(15)17-10-7-12(16)11-5-3-2-4-6-11/h2-6,8-9H,7,10H2,1H3. The van der Waals surface area contributed by atoms with E-state index in [0.29, 0.717) is 6.42 Å². The molecule has 0 amide bonds. The molecule has 4 heteroatoms. The van der Waals surface area contributed by atoms with Gasteiger partial charge in [-0.15, -0.1) is 0 Å². The fourth-order valence-electron chi connectivity index (χ4n) is 1.49. The number of aryl methyl sites for hydroxylation is 1. The first-order valence-electron chi connectivity index (χ1n) is 5.46. The molecular formula is C13H14N2OS. The number of nitrogens with zero attached hydrogens (tertiary/aromatic N) is 2. The summed E-state index contributed by atoms with van der Waals surface area (Å²) in [7, 11) is 1.95. The molecule has 0 unspecified atom stereocenters. The Hall–Kier alpha value is -1.55. The van der Waals surface area contributed by atoms with E-state index in [1.54, 1.807) is 18.0 Å². The van der Waals surface area contributed by atoms with Crippen LogP contribution in [0.25, 0.3) is 0 Å². The Kier molecular flexibility index (Phi) is 3.98. The molecule has 17 heavy (non-hydrogen) atoms. The third kappa shape index (κ3) is 3.20. The van der Waals surface area contributed by atoms with Gasteiger partial charge in [-0.3, -0.25) is 4.79 Å². The lowest BCUT2D eigenvalue weighted by molar-refractivity contribution is 0.0989. The van der Waals surface area contributed by atoms with Crippen LogP contribution >= 0.6 is 11.8 Å². The number of Topliss-reactive ketones (excluding diaryl/α,β-unsaturated/α-hetero) is 1. The Morgan fingerprint density at radius 3 is 2.76 bits per heavy atom. The van der Waals surface area contributed by atoms with Crippen molar-refractivity contribution in [3.8, 4) is 0 Å². The van der Waals surface area contributed by atoms with E-state index in [1.807, 2.05) is 48.1 Å². The van der Waals surface area contributed by atoms with E-state index in [1.165, 1.54) is 0 Å². The van der Waals surface area contributed by atoms with Gasteiger partial charge in [0, 0.05) is 37.2 Å². The molecule has 0 atom stereocenters. The molecule has 1 heterocycles. The Balaban J connectivity index is 1.84. The van der Waals surface area contributed by atoms with Crippen molar-refractivity contribution >= 4 is 17.5 Å². The van der Waals surface area contributed by atoms with Crippen LogP contribution in [0.1, 0.15) is 16.8 Å². The number of imidazole rings is 1. The van der Waals surface area contributed by atoms with E-state index in [2.05, 4.69) is 4.98 Å². The van der Waals surface area contributed by atoms with Crippen molar-refractivity contribution in [2.45, 2.75) is 11.6 Å². The molecule has 1 aromatic heterocycles. The average molecular weight is 246 g/mol. The summed E-state index contributed by atoms with van der Waals surface area (Å²) in [5.41, 5.74) is 0.785. The van der Waals surface area contributed by atoms with E-state index < -0.39 is 0 Å². The molecule has 0 bridgehead atoms. The first-order valence-corrected chi connectivity index (χ1v) is 6.44. The lowest BCUT2D eigenvalue weighted by atomic mass is 10.1. The van der Waals surface area contributed by atoms with Crippen molar-refractivity contribution in [2.24, 2.45) is 7.05 Å². The molecular weight excluding hydrogens is 232 g/mol. The predicted octanol–water partition coefficient (Wildman–Crippen LogP) is 2.79. The Morgan fingerprint density at radius 2 is 2.12 bits per heavy atom. The number of carbonyl (C=O) groups is 1. The van der Waals surface area contributed by atoms with Crippen molar-refractivity contribution in [1.29, 1.82) is 0 Å². The maximum absolute atomic E-state index is 11.8. The van der Waals surface area contributed by atoms with Gasteiger partial charge in [0.2, 0.25) is 0 Å². The third-order valence-electron chi connectivity index (χ3n) is 2.43. The van der Waals surface area contributed by atoms with E-state index in [0.717, 1.165) is 16.5 Å². The normalized spacial score (nSPS) is 10.4. The van der Waals surface area contributed by atoms with Gasteiger partial charge >= 0.3 is 0 Å². The SMILES string of the molecule is Cn1ccnc1SCCC(=O)c1ccccc1. The lowest BCUT2D eigenvalue weighted by Crippen LogP contribution is -2.00. The van der Waals surface area contributed by atoms with Crippen molar-refractivity contribution < 1.29 is 4.79 Å². The fraction of sp³-hybridized carbons (Fsp3) is 0.231. The zero-order valence-electron chi connectivity index (χ0n) is 9.67. The molecule has 3 nitrogen and oxygen atoms in total. The summed E-state index contributed by atoms with van der Waals surface area (Å²) in [5.74, 6) is 0.950. The van der Waals surface area contributed by atoms with Crippen LogP contribution < -0.4 is 0 Å². The molecule has 1 aromatic carbocycles. The maximum Gasteiger partial charge on any atom is 0.167 e. The molecule has 0 saturated carbocycles. The first-order chi connectivity index (χ1) is 8.27. The number of thioether (sulfide) groups is 1. The molecule has 88 valence electrons. The van der Waals surface area contributed by atoms with Crippen LogP contribution in [-0.2, 0) is 7.05 Å². The number of ketones is 1. The Morgan fingerprint density at radius 1 is 1.35 bits per heavy atom. The molecule has 0 radical (unpaired) electrons. The molecule has 0 spiro atoms. The van der Waals surface area contributed by atoms with Crippen LogP contribution in [0.2, 0.25) is 0 Å². The highest BCUT2D eigenvalue weighted by Crippen LogP contribution is 2.16. The number of hydrogen-bond donors (Lipinski definition) is 0. The minimum atomic E-state index is 0.187. The van der Waals surface area contributed by atoms with E-state index in [4.69, 9.17) is 0 Å². The van der Waals surface area contributed by atoms with Crippen molar-refractivity contribution in [1.82, 2.24) is 9.55 Å². The van der Waals surface area contributed by atoms with Crippen LogP contribution in [0, 0.1) is 0 Å². The molecule has 0 N–H and O–H groups in total. The van der Waals surface area contributed by atoms with Crippen LogP contribution in [0.3, 0.4) is 0 Å². The fourth-order valence-corrected chi connectivity index (χ4v) is 2.36. The summed E-state index contributed by atoms with van der Waals surface area (Å²) < 4.78 is 1.96. The summed E-state index contributed by atoms with van der Waals surface area (Å²) in [6.45, 7) is 0. The quantitative estimate of drug-likeness (QED) is 0.601. The largest absolute Gasteiger partial charge is 0.329 e. The van der Waals surface area contributed by atoms with E-state index >= 15 is 0 Å². The summed E-state index contributed by atoms with van der Waals surface area (Å²) >= 11 is 1.61. The summed E-state index contributed by atoms with van der Waals surface area (Å²) in [4.78, 5) is 16.0. The second-order valence-electron chi connectivity index (χ2n) is 3.71. The number of hydrogen-bond acceptors (Lipinski definition) is 3. The van der Waals surface area contributed by atoms with E-state index in [-0.39, 0.29) is 5.78 Å². The van der Waals surface area contributed by atoms with Gasteiger partial charge in [0.15, 0.2) is 10.9 Å². The molecule has 0 saturated heterocycles. The van der Waals surface area contributed by atoms with Gasteiger partial charge < -0.3 is 4.57 Å². The summed E-state index contributed by atoms with van der Waals surface area (Å²) in [5, 5.41) is 0.950. The van der Waals surface area contributed by atoms with Gasteiger partial charge in [0.05, 0.1) is 0 Å². The minimum absolute atomic E-state index is 0.187. The third-order valence-corrected chi connectivity index (χ3v) is 3.49. The maximum atomic E-state index is 11.8. The van der Waals surface area contributed by atoms with Crippen LogP contribution in [0.5, 0.6) is 0 Å². The van der Waals surface area contributed by atoms with Crippen molar-refractivity contribution in [3.05, 3.63) is 48.3 Å². The zero-order chi connectivity index (χ0) is 12.1. The van der Waals surface area contributed by atoms with Gasteiger partial charge in [0.25, 0.3) is 0 Å². The van der Waals surface area contributed by atoms with Gasteiger partial charge in [-0.1, -0.05) is 42.1 Å². The Bertz CT molecular complexity index is 493. The topological polar surface area (TPSA) is 34.9 Å². The summed E-state index contributed by atoms with van der Waals surface area (Å²) in [6.07, 6.45) is 4.21. The average Bonchev–Trinajstić information content (AvgIpc) is 2.76. The molecule has 0 aliphatic rings. The minimum Gasteiger partial charge on any atom is -0.329 e. The molecule has 0 fully saturated rings. The van der Waals surface area contributed by atoms with Crippen LogP contribution in [-0.4, -0.2) is 21.1 Å². The van der Waals surface area contributed by atoms with Gasteiger partial charge in [-0.25, -0.2) is 4.98 Å². The van der Waals surface area contributed by atoms with Gasteiger partial charge in [-0.2, -0.15) is 0 Å². The molecule has 2 rings (SSSR count). The predicted molar refractivity (Wildman–Crippen MR) is 69.3 cm³/mol. The molecule has 0 aliphatic heterocycles. The van der Waals surface area contributed by atoms with Crippen molar-refractivity contribution in [2.75, 3.05) is 5.75 Å². The second-order valence-corrected chi connectivity index (χ2v) is 4.77. The van der Waals surface area contributed by atoms with E-state index in [9.17, 15) is 4.79 Å². The number of rotatable bonds is 5. The van der Waals surface area contributed by atoms with Gasteiger partial charge in [0.1, 0.15) is 0 Å². The highest BCUT2D eigenvalue weighted by molar-refractivity contribution is 7.99. The van der Waals surface area contributed by atoms with Gasteiger partial charge in [-0.05, 0) is 0 Å². The molecule has 2 aromatic rings. The number of carbonyl (C=O) groups excluding carboxylic acids is 1. The number of aromatic nitrogens is 2. The van der Waals surface area contributed by atoms with Crippen molar-refractivity contribution in [3.63, 3.8) is 0 Å².